The fourth-order valence-corrected chi connectivity index (χ4v) is 2.57. The van der Waals surface area contributed by atoms with Crippen LogP contribution >= 0.6 is 11.3 Å². The van der Waals surface area contributed by atoms with Crippen LogP contribution < -0.4 is 10.6 Å². The fraction of sp³-hybridized carbons (Fsp3) is 0.733. The monoisotopic (exact) mass is 350 g/mol. The normalized spacial score (nSPS) is 14.7. The molecule has 0 aromatic carbocycles. The Morgan fingerprint density at radius 2 is 2.00 bits per heavy atom. The van der Waals surface area contributed by atoms with Crippen LogP contribution in [0.25, 0.3) is 0 Å². The molecule has 1 atom stereocenters. The van der Waals surface area contributed by atoms with Crippen molar-refractivity contribution >= 4 is 17.3 Å². The molecule has 0 aliphatic heterocycles. The van der Waals surface area contributed by atoms with Crippen molar-refractivity contribution in [3.8, 4) is 0 Å². The summed E-state index contributed by atoms with van der Waals surface area (Å²) in [5.74, 6) is 0.565. The number of halogens is 3. The Morgan fingerprint density at radius 1 is 1.35 bits per heavy atom. The summed E-state index contributed by atoms with van der Waals surface area (Å²) in [4.78, 5) is 7.68. The second kappa shape index (κ2) is 7.99. The van der Waals surface area contributed by atoms with Gasteiger partial charge in [0.05, 0.1) is 6.54 Å². The topological polar surface area (TPSA) is 49.3 Å². The predicted octanol–water partition coefficient (Wildman–Crippen LogP) is 4.04. The number of aliphatic imine (C=N–C) groups is 1. The lowest BCUT2D eigenvalue weighted by Gasteiger charge is -2.22. The largest absolute Gasteiger partial charge is 0.434 e. The summed E-state index contributed by atoms with van der Waals surface area (Å²) in [6.45, 7) is 8.84. The molecule has 1 unspecified atom stereocenters. The molecule has 0 fully saturated rings. The number of nitrogens with one attached hydrogen (secondary N) is 2. The lowest BCUT2D eigenvalue weighted by Crippen LogP contribution is -2.42. The Hall–Kier alpha value is -1.31. The van der Waals surface area contributed by atoms with Gasteiger partial charge in [-0.05, 0) is 25.2 Å². The zero-order chi connectivity index (χ0) is 17.7. The molecule has 1 heterocycles. The molecule has 0 bridgehead atoms. The van der Waals surface area contributed by atoms with E-state index in [9.17, 15) is 13.2 Å². The number of aromatic nitrogens is 1. The van der Waals surface area contributed by atoms with Crippen LogP contribution in [0.15, 0.2) is 10.4 Å². The summed E-state index contributed by atoms with van der Waals surface area (Å²) in [5, 5.41) is 7.64. The standard InChI is InChI=1S/C15H25F3N4S/c1-10(6-7-14(2,3)4)21-13(19-5)20-8-12-22-11(9-23-12)15(16,17)18/h9-10H,6-8H2,1-5H3,(H2,19,20,21). The minimum absolute atomic E-state index is 0.215. The van der Waals surface area contributed by atoms with Crippen molar-refractivity contribution in [2.45, 2.75) is 59.3 Å². The molecule has 8 heteroatoms. The minimum Gasteiger partial charge on any atom is -0.354 e. The second-order valence-electron chi connectivity index (χ2n) is 6.69. The van der Waals surface area contributed by atoms with E-state index in [0.29, 0.717) is 11.0 Å². The summed E-state index contributed by atoms with van der Waals surface area (Å²) >= 11 is 0.985. The number of hydrogen-bond acceptors (Lipinski definition) is 3. The lowest BCUT2D eigenvalue weighted by molar-refractivity contribution is -0.140. The van der Waals surface area contributed by atoms with Gasteiger partial charge in [-0.1, -0.05) is 20.8 Å². The van der Waals surface area contributed by atoms with Crippen LogP contribution in [0, 0.1) is 5.41 Å². The van der Waals surface area contributed by atoms with Crippen molar-refractivity contribution in [3.63, 3.8) is 0 Å². The molecule has 4 nitrogen and oxygen atoms in total. The van der Waals surface area contributed by atoms with Crippen LogP contribution in [0.3, 0.4) is 0 Å². The molecule has 0 aliphatic rings. The van der Waals surface area contributed by atoms with Crippen LogP contribution in [0.5, 0.6) is 0 Å². The zero-order valence-electron chi connectivity index (χ0n) is 14.2. The van der Waals surface area contributed by atoms with E-state index >= 15 is 0 Å². The first kappa shape index (κ1) is 19.7. The number of hydrogen-bond donors (Lipinski definition) is 2. The van der Waals surface area contributed by atoms with Crippen LogP contribution in [0.2, 0.25) is 0 Å². The van der Waals surface area contributed by atoms with Gasteiger partial charge in [-0.15, -0.1) is 11.3 Å². The van der Waals surface area contributed by atoms with Crippen molar-refractivity contribution in [2.75, 3.05) is 7.05 Å². The Balaban J connectivity index is 2.47. The Bertz CT molecular complexity index is 518. The first-order valence-electron chi connectivity index (χ1n) is 7.50. The molecule has 1 rings (SSSR count). The van der Waals surface area contributed by atoms with Gasteiger partial charge in [0, 0.05) is 18.5 Å². The van der Waals surface area contributed by atoms with Gasteiger partial charge in [0.25, 0.3) is 0 Å². The van der Waals surface area contributed by atoms with Gasteiger partial charge in [0.2, 0.25) is 0 Å². The van der Waals surface area contributed by atoms with E-state index in [1.165, 1.54) is 0 Å². The molecule has 0 aliphatic carbocycles. The molecule has 0 spiro atoms. The van der Waals surface area contributed by atoms with Crippen LogP contribution in [0.1, 0.15) is 51.2 Å². The molecule has 0 saturated carbocycles. The van der Waals surface area contributed by atoms with E-state index in [1.807, 2.05) is 0 Å². The molecule has 2 N–H and O–H groups in total. The maximum Gasteiger partial charge on any atom is 0.434 e. The van der Waals surface area contributed by atoms with E-state index in [0.717, 1.165) is 29.6 Å². The van der Waals surface area contributed by atoms with Gasteiger partial charge < -0.3 is 10.6 Å². The highest BCUT2D eigenvalue weighted by Gasteiger charge is 2.33. The molecule has 1 aromatic heterocycles. The molecule has 23 heavy (non-hydrogen) atoms. The Labute approximate surface area is 139 Å². The lowest BCUT2D eigenvalue weighted by atomic mass is 9.89. The van der Waals surface area contributed by atoms with Crippen molar-refractivity contribution in [1.82, 2.24) is 15.6 Å². The van der Waals surface area contributed by atoms with Gasteiger partial charge in [0.15, 0.2) is 11.7 Å². The van der Waals surface area contributed by atoms with Crippen LogP contribution in [0.4, 0.5) is 13.2 Å². The van der Waals surface area contributed by atoms with Crippen molar-refractivity contribution in [3.05, 3.63) is 16.1 Å². The molecule has 1 aromatic rings. The summed E-state index contributed by atoms with van der Waals surface area (Å²) < 4.78 is 37.5. The predicted molar refractivity (Wildman–Crippen MR) is 88.6 cm³/mol. The highest BCUT2D eigenvalue weighted by Crippen LogP contribution is 2.29. The number of thiazole rings is 1. The number of nitrogens with zero attached hydrogens (tertiary/aromatic N) is 2. The highest BCUT2D eigenvalue weighted by molar-refractivity contribution is 7.09. The number of rotatable bonds is 5. The minimum atomic E-state index is -4.39. The fourth-order valence-electron chi connectivity index (χ4n) is 1.83. The summed E-state index contributed by atoms with van der Waals surface area (Å²) in [6, 6.07) is 0.224. The first-order valence-corrected chi connectivity index (χ1v) is 8.38. The van der Waals surface area contributed by atoms with Crippen molar-refractivity contribution in [1.29, 1.82) is 0 Å². The van der Waals surface area contributed by atoms with Crippen LogP contribution in [-0.4, -0.2) is 24.0 Å². The van der Waals surface area contributed by atoms with E-state index in [1.54, 1.807) is 7.05 Å². The van der Waals surface area contributed by atoms with Gasteiger partial charge in [0.1, 0.15) is 5.01 Å². The highest BCUT2D eigenvalue weighted by atomic mass is 32.1. The van der Waals surface area contributed by atoms with Crippen LogP contribution in [-0.2, 0) is 12.7 Å². The summed E-state index contributed by atoms with van der Waals surface area (Å²) in [7, 11) is 1.63. The van der Waals surface area contributed by atoms with E-state index < -0.39 is 11.9 Å². The average molecular weight is 350 g/mol. The Morgan fingerprint density at radius 3 is 2.48 bits per heavy atom. The average Bonchev–Trinajstić information content (AvgIpc) is 2.89. The van der Waals surface area contributed by atoms with Gasteiger partial charge >= 0.3 is 6.18 Å². The smallest absolute Gasteiger partial charge is 0.354 e. The van der Waals surface area contributed by atoms with E-state index in [4.69, 9.17) is 0 Å². The third-order valence-corrected chi connectivity index (χ3v) is 4.03. The zero-order valence-corrected chi connectivity index (χ0v) is 15.0. The maximum atomic E-state index is 12.5. The third kappa shape index (κ3) is 7.67. The molecule has 0 amide bonds. The van der Waals surface area contributed by atoms with E-state index in [-0.39, 0.29) is 18.0 Å². The Kier molecular flexibility index (Phi) is 6.85. The molecule has 0 saturated heterocycles. The number of alkyl halides is 3. The SMILES string of the molecule is CN=C(NCc1nc(C(F)(F)F)cs1)NC(C)CCC(C)(C)C. The van der Waals surface area contributed by atoms with Gasteiger partial charge in [-0.2, -0.15) is 13.2 Å². The second-order valence-corrected chi connectivity index (χ2v) is 7.64. The summed E-state index contributed by atoms with van der Waals surface area (Å²) in [5.41, 5.74) is -0.581. The van der Waals surface area contributed by atoms with Gasteiger partial charge in [-0.3, -0.25) is 4.99 Å². The van der Waals surface area contributed by atoms with E-state index in [2.05, 4.69) is 48.3 Å². The first-order chi connectivity index (χ1) is 10.5. The molecule has 0 radical (unpaired) electrons. The molecular weight excluding hydrogens is 325 g/mol. The number of guanidine groups is 1. The van der Waals surface area contributed by atoms with Gasteiger partial charge in [-0.25, -0.2) is 4.98 Å². The quantitative estimate of drug-likeness (QED) is 0.622. The molecule has 132 valence electrons. The summed E-state index contributed by atoms with van der Waals surface area (Å²) in [6.07, 6.45) is -2.34. The maximum absolute atomic E-state index is 12.5. The molecular formula is C15H25F3N4S. The van der Waals surface area contributed by atoms with Crippen molar-refractivity contribution < 1.29 is 13.2 Å². The van der Waals surface area contributed by atoms with Crippen molar-refractivity contribution in [2.24, 2.45) is 10.4 Å². The third-order valence-electron chi connectivity index (χ3n) is 3.18.